The van der Waals surface area contributed by atoms with Crippen molar-refractivity contribution in [2.75, 3.05) is 13.1 Å². The van der Waals surface area contributed by atoms with Gasteiger partial charge in [0.2, 0.25) is 0 Å². The second-order valence-corrected chi connectivity index (χ2v) is 6.39. The highest BCUT2D eigenvalue weighted by molar-refractivity contribution is 5.30. The van der Waals surface area contributed by atoms with Crippen molar-refractivity contribution in [3.05, 3.63) is 35.1 Å². The Bertz CT molecular complexity index is 474. The normalized spacial score (nSPS) is 28.4. The van der Waals surface area contributed by atoms with Gasteiger partial charge in [-0.3, -0.25) is 4.90 Å². The molecule has 2 aliphatic rings. The second kappa shape index (κ2) is 5.82. The number of hydrogen-bond acceptors (Lipinski definition) is 2. The van der Waals surface area contributed by atoms with Gasteiger partial charge in [-0.25, -0.2) is 4.39 Å². The van der Waals surface area contributed by atoms with Crippen molar-refractivity contribution in [1.82, 2.24) is 4.90 Å². The van der Waals surface area contributed by atoms with Gasteiger partial charge in [0.05, 0.1) is 0 Å². The molecule has 110 valence electrons. The van der Waals surface area contributed by atoms with Gasteiger partial charge in [-0.05, 0) is 61.9 Å². The number of fused-ring (bicyclic) bond motifs is 1. The number of halogens is 1. The molecule has 3 heteroatoms. The van der Waals surface area contributed by atoms with Crippen molar-refractivity contribution >= 4 is 0 Å². The predicted molar refractivity (Wildman–Crippen MR) is 80.0 cm³/mol. The molecule has 0 bridgehead atoms. The fourth-order valence-corrected chi connectivity index (χ4v) is 4.24. The van der Waals surface area contributed by atoms with Crippen molar-refractivity contribution in [1.29, 1.82) is 0 Å². The molecule has 2 fully saturated rings. The van der Waals surface area contributed by atoms with Gasteiger partial charge in [0.25, 0.3) is 0 Å². The van der Waals surface area contributed by atoms with Crippen LogP contribution in [-0.4, -0.2) is 24.0 Å². The van der Waals surface area contributed by atoms with Crippen LogP contribution < -0.4 is 5.73 Å². The maximum Gasteiger partial charge on any atom is 0.123 e. The summed E-state index contributed by atoms with van der Waals surface area (Å²) >= 11 is 0. The molecule has 0 spiro atoms. The lowest BCUT2D eigenvalue weighted by Crippen LogP contribution is -2.40. The molecule has 3 atom stereocenters. The van der Waals surface area contributed by atoms with Gasteiger partial charge in [0.1, 0.15) is 5.82 Å². The van der Waals surface area contributed by atoms with Crippen LogP contribution in [0, 0.1) is 18.7 Å². The van der Waals surface area contributed by atoms with E-state index >= 15 is 0 Å². The molecule has 0 aromatic heterocycles. The summed E-state index contributed by atoms with van der Waals surface area (Å²) in [7, 11) is 0. The van der Waals surface area contributed by atoms with Gasteiger partial charge in [-0.2, -0.15) is 0 Å². The van der Waals surface area contributed by atoms with E-state index in [9.17, 15) is 4.39 Å². The summed E-state index contributed by atoms with van der Waals surface area (Å²) in [4.78, 5) is 2.56. The fourth-order valence-electron chi connectivity index (χ4n) is 4.24. The highest BCUT2D eigenvalue weighted by Gasteiger charge is 2.39. The lowest BCUT2D eigenvalue weighted by molar-refractivity contribution is 0.135. The van der Waals surface area contributed by atoms with Gasteiger partial charge >= 0.3 is 0 Å². The Labute approximate surface area is 121 Å². The molecule has 0 radical (unpaired) electrons. The molecule has 1 saturated carbocycles. The molecule has 20 heavy (non-hydrogen) atoms. The summed E-state index contributed by atoms with van der Waals surface area (Å²) in [5.74, 6) is 0.690. The second-order valence-electron chi connectivity index (χ2n) is 6.39. The topological polar surface area (TPSA) is 29.3 Å². The van der Waals surface area contributed by atoms with Crippen LogP contribution in [-0.2, 0) is 0 Å². The van der Waals surface area contributed by atoms with E-state index in [1.165, 1.54) is 32.1 Å². The molecule has 1 saturated heterocycles. The molecule has 1 aliphatic heterocycles. The van der Waals surface area contributed by atoms with Crippen molar-refractivity contribution in [2.24, 2.45) is 11.7 Å². The van der Waals surface area contributed by atoms with Gasteiger partial charge in [0, 0.05) is 18.6 Å². The quantitative estimate of drug-likeness (QED) is 0.917. The minimum absolute atomic E-state index is 0.150. The first kappa shape index (κ1) is 14.0. The summed E-state index contributed by atoms with van der Waals surface area (Å²) in [6.45, 7) is 3.76. The number of nitrogens with zero attached hydrogens (tertiary/aromatic N) is 1. The Balaban J connectivity index is 1.88. The zero-order valence-corrected chi connectivity index (χ0v) is 12.3. The van der Waals surface area contributed by atoms with Crippen LogP contribution in [0.1, 0.15) is 49.3 Å². The number of rotatable bonds is 3. The lowest BCUT2D eigenvalue weighted by Gasteiger charge is -2.37. The largest absolute Gasteiger partial charge is 0.329 e. The maximum absolute atomic E-state index is 13.6. The minimum Gasteiger partial charge on any atom is -0.329 e. The summed E-state index contributed by atoms with van der Waals surface area (Å²) in [6, 6.07) is 5.95. The Morgan fingerprint density at radius 2 is 2.10 bits per heavy atom. The Morgan fingerprint density at radius 3 is 2.90 bits per heavy atom. The maximum atomic E-state index is 13.6. The number of likely N-dealkylation sites (tertiary alicyclic amines) is 1. The van der Waals surface area contributed by atoms with Crippen LogP contribution in [0.4, 0.5) is 4.39 Å². The van der Waals surface area contributed by atoms with E-state index < -0.39 is 0 Å². The molecule has 1 heterocycles. The Kier molecular flexibility index (Phi) is 4.08. The third kappa shape index (κ3) is 2.49. The standard InChI is InChI=1S/C17H25FN2/c1-12-6-7-14(18)10-15(12)17(11-19)20-9-8-13-4-2-3-5-16(13)20/h6-7,10,13,16-17H,2-5,8-9,11,19H2,1H3. The fraction of sp³-hybridized carbons (Fsp3) is 0.647. The average molecular weight is 276 g/mol. The zero-order chi connectivity index (χ0) is 14.1. The van der Waals surface area contributed by atoms with Crippen LogP contribution in [0.15, 0.2) is 18.2 Å². The summed E-state index contributed by atoms with van der Waals surface area (Å²) in [6.07, 6.45) is 6.64. The smallest absolute Gasteiger partial charge is 0.123 e. The first-order chi connectivity index (χ1) is 9.70. The van der Waals surface area contributed by atoms with E-state index in [1.807, 2.05) is 6.07 Å². The monoisotopic (exact) mass is 276 g/mol. The minimum atomic E-state index is -0.150. The Morgan fingerprint density at radius 1 is 1.30 bits per heavy atom. The molecule has 1 aliphatic carbocycles. The van der Waals surface area contributed by atoms with Crippen molar-refractivity contribution in [2.45, 2.75) is 51.1 Å². The Hall–Kier alpha value is -0.930. The third-order valence-electron chi connectivity index (χ3n) is 5.28. The van der Waals surface area contributed by atoms with Crippen LogP contribution in [0.3, 0.4) is 0 Å². The van der Waals surface area contributed by atoms with E-state index in [-0.39, 0.29) is 11.9 Å². The zero-order valence-electron chi connectivity index (χ0n) is 12.3. The number of aryl methyl sites for hydroxylation is 1. The molecule has 1 aromatic rings. The van der Waals surface area contributed by atoms with Crippen LogP contribution in [0.5, 0.6) is 0 Å². The third-order valence-corrected chi connectivity index (χ3v) is 5.28. The van der Waals surface area contributed by atoms with Gasteiger partial charge in [-0.1, -0.05) is 18.9 Å². The van der Waals surface area contributed by atoms with E-state index in [1.54, 1.807) is 12.1 Å². The molecule has 2 N–H and O–H groups in total. The molecule has 2 nitrogen and oxygen atoms in total. The summed E-state index contributed by atoms with van der Waals surface area (Å²) < 4.78 is 13.6. The summed E-state index contributed by atoms with van der Waals surface area (Å²) in [5.41, 5.74) is 8.30. The summed E-state index contributed by atoms with van der Waals surface area (Å²) in [5, 5.41) is 0. The number of hydrogen-bond donors (Lipinski definition) is 1. The van der Waals surface area contributed by atoms with Gasteiger partial charge < -0.3 is 5.73 Å². The molecule has 3 rings (SSSR count). The average Bonchev–Trinajstić information content (AvgIpc) is 2.88. The van der Waals surface area contributed by atoms with Gasteiger partial charge in [0.15, 0.2) is 0 Å². The van der Waals surface area contributed by atoms with Crippen LogP contribution in [0.2, 0.25) is 0 Å². The SMILES string of the molecule is Cc1ccc(F)cc1C(CN)N1CCC2CCCCC21. The molecule has 3 unspecified atom stereocenters. The van der Waals surface area contributed by atoms with Crippen molar-refractivity contribution < 1.29 is 4.39 Å². The van der Waals surface area contributed by atoms with Crippen LogP contribution >= 0.6 is 0 Å². The first-order valence-corrected chi connectivity index (χ1v) is 7.92. The molecule has 1 aromatic carbocycles. The molecular formula is C17H25FN2. The highest BCUT2D eigenvalue weighted by atomic mass is 19.1. The van der Waals surface area contributed by atoms with E-state index in [2.05, 4.69) is 11.8 Å². The van der Waals surface area contributed by atoms with E-state index in [4.69, 9.17) is 5.73 Å². The highest BCUT2D eigenvalue weighted by Crippen LogP contribution is 2.40. The lowest BCUT2D eigenvalue weighted by atomic mass is 9.84. The number of nitrogens with two attached hydrogens (primary N) is 1. The van der Waals surface area contributed by atoms with E-state index in [0.29, 0.717) is 12.6 Å². The van der Waals surface area contributed by atoms with Crippen molar-refractivity contribution in [3.63, 3.8) is 0 Å². The van der Waals surface area contributed by atoms with Gasteiger partial charge in [-0.15, -0.1) is 0 Å². The van der Waals surface area contributed by atoms with Crippen molar-refractivity contribution in [3.8, 4) is 0 Å². The van der Waals surface area contributed by atoms with Crippen LogP contribution in [0.25, 0.3) is 0 Å². The first-order valence-electron chi connectivity index (χ1n) is 7.92. The predicted octanol–water partition coefficient (Wildman–Crippen LogP) is 3.40. The van der Waals surface area contributed by atoms with E-state index in [0.717, 1.165) is 23.6 Å². The number of benzene rings is 1. The molecule has 0 amide bonds. The molecular weight excluding hydrogens is 251 g/mol.